The van der Waals surface area contributed by atoms with Gasteiger partial charge in [-0.1, -0.05) is 42.8 Å². The van der Waals surface area contributed by atoms with Crippen LogP contribution in [-0.4, -0.2) is 53.4 Å². The normalized spacial score (nSPS) is 15.8. The van der Waals surface area contributed by atoms with E-state index in [0.29, 0.717) is 17.3 Å². The first-order valence-corrected chi connectivity index (χ1v) is 9.44. The molecule has 0 bridgehead atoms. The second-order valence-corrected chi connectivity index (χ2v) is 6.92. The number of carbonyl (C=O) groups excluding carboxylic acids is 1. The summed E-state index contributed by atoms with van der Waals surface area (Å²) in [5, 5.41) is 3.36. The molecule has 1 saturated heterocycles. The fourth-order valence-corrected chi connectivity index (χ4v) is 3.29. The van der Waals surface area contributed by atoms with Crippen molar-refractivity contribution in [2.75, 3.05) is 32.7 Å². The first kappa shape index (κ1) is 18.8. The summed E-state index contributed by atoms with van der Waals surface area (Å²) in [7, 11) is 0. The van der Waals surface area contributed by atoms with Crippen LogP contribution in [0.3, 0.4) is 0 Å². The van der Waals surface area contributed by atoms with E-state index in [4.69, 9.17) is 11.6 Å². The molecule has 5 nitrogen and oxygen atoms in total. The molecule has 1 aliphatic rings. The molecular formula is C20H25ClN4O. The van der Waals surface area contributed by atoms with Gasteiger partial charge in [0.2, 0.25) is 0 Å². The van der Waals surface area contributed by atoms with Gasteiger partial charge in [-0.3, -0.25) is 9.69 Å². The molecule has 1 aliphatic heterocycles. The number of nitrogens with zero attached hydrogens (tertiary/aromatic N) is 3. The summed E-state index contributed by atoms with van der Waals surface area (Å²) in [5.74, 6) is -0.138. The predicted octanol–water partition coefficient (Wildman–Crippen LogP) is 2.80. The molecule has 2 heterocycles. The molecule has 0 unspecified atom stereocenters. The van der Waals surface area contributed by atoms with Crippen LogP contribution in [-0.2, 0) is 13.1 Å². The van der Waals surface area contributed by atoms with Crippen LogP contribution in [0, 0.1) is 0 Å². The van der Waals surface area contributed by atoms with E-state index in [1.54, 1.807) is 12.1 Å². The largest absolute Gasteiger partial charge is 0.348 e. The van der Waals surface area contributed by atoms with E-state index in [0.717, 1.165) is 44.8 Å². The third-order valence-corrected chi connectivity index (χ3v) is 5.08. The fraction of sp³-hybridized carbons (Fsp3) is 0.400. The van der Waals surface area contributed by atoms with Gasteiger partial charge < -0.3 is 10.2 Å². The highest BCUT2D eigenvalue weighted by Gasteiger charge is 2.16. The maximum Gasteiger partial charge on any atom is 0.253 e. The number of halogens is 1. The average Bonchev–Trinajstić information content (AvgIpc) is 2.68. The van der Waals surface area contributed by atoms with Crippen molar-refractivity contribution in [2.24, 2.45) is 0 Å². The van der Waals surface area contributed by atoms with Crippen molar-refractivity contribution in [3.63, 3.8) is 0 Å². The lowest BCUT2D eigenvalue weighted by molar-refractivity contribution is 0.0950. The van der Waals surface area contributed by atoms with Gasteiger partial charge in [-0.15, -0.1) is 0 Å². The molecule has 26 heavy (non-hydrogen) atoms. The van der Waals surface area contributed by atoms with Crippen molar-refractivity contribution >= 4 is 17.5 Å². The van der Waals surface area contributed by atoms with Crippen LogP contribution in [0.5, 0.6) is 0 Å². The van der Waals surface area contributed by atoms with Crippen molar-refractivity contribution in [1.29, 1.82) is 0 Å². The van der Waals surface area contributed by atoms with Crippen LogP contribution >= 0.6 is 11.6 Å². The lowest BCUT2D eigenvalue weighted by Gasteiger charge is -2.34. The van der Waals surface area contributed by atoms with Crippen LogP contribution in [0.15, 0.2) is 42.6 Å². The Hall–Kier alpha value is -1.95. The third kappa shape index (κ3) is 5.04. The molecule has 0 aliphatic carbocycles. The van der Waals surface area contributed by atoms with E-state index in [9.17, 15) is 4.79 Å². The number of hydrogen-bond donors (Lipinski definition) is 1. The van der Waals surface area contributed by atoms with Gasteiger partial charge >= 0.3 is 0 Å². The molecule has 0 atom stereocenters. The summed E-state index contributed by atoms with van der Waals surface area (Å²) >= 11 is 5.77. The van der Waals surface area contributed by atoms with Crippen LogP contribution in [0.4, 0.5) is 0 Å². The van der Waals surface area contributed by atoms with Gasteiger partial charge in [-0.25, -0.2) is 4.98 Å². The fourth-order valence-electron chi connectivity index (χ4n) is 3.18. The molecule has 1 aromatic carbocycles. The highest BCUT2D eigenvalue weighted by Crippen LogP contribution is 2.14. The number of nitrogens with one attached hydrogen (secondary N) is 1. The summed E-state index contributed by atoms with van der Waals surface area (Å²) < 4.78 is 0. The second kappa shape index (κ2) is 9.12. The SMILES string of the molecule is CCN1CCN(Cc2ccccc2CNC(=O)c2ccc(Cl)nc2)CC1. The first-order chi connectivity index (χ1) is 12.7. The molecule has 1 N–H and O–H groups in total. The Balaban J connectivity index is 1.58. The lowest BCUT2D eigenvalue weighted by atomic mass is 10.1. The van der Waals surface area contributed by atoms with Crippen LogP contribution in [0.25, 0.3) is 0 Å². The average molecular weight is 373 g/mol. The first-order valence-electron chi connectivity index (χ1n) is 9.07. The monoisotopic (exact) mass is 372 g/mol. The van der Waals surface area contributed by atoms with Gasteiger partial charge in [0.15, 0.2) is 0 Å². The van der Waals surface area contributed by atoms with Crippen molar-refractivity contribution < 1.29 is 4.79 Å². The maximum absolute atomic E-state index is 12.3. The number of piperazine rings is 1. The summed E-state index contributed by atoms with van der Waals surface area (Å²) in [6.45, 7) is 9.19. The molecule has 6 heteroatoms. The Morgan fingerprint density at radius 2 is 1.77 bits per heavy atom. The smallest absolute Gasteiger partial charge is 0.253 e. The Bertz CT molecular complexity index is 727. The zero-order valence-electron chi connectivity index (χ0n) is 15.1. The molecule has 2 aromatic rings. The minimum atomic E-state index is -0.138. The van der Waals surface area contributed by atoms with E-state index in [1.165, 1.54) is 11.8 Å². The molecule has 0 radical (unpaired) electrons. The summed E-state index contributed by atoms with van der Waals surface area (Å²) in [6, 6.07) is 11.6. The molecular weight excluding hydrogens is 348 g/mol. The van der Waals surface area contributed by atoms with Gasteiger partial charge in [0.25, 0.3) is 5.91 Å². The van der Waals surface area contributed by atoms with Crippen LogP contribution < -0.4 is 5.32 Å². The molecule has 138 valence electrons. The summed E-state index contributed by atoms with van der Waals surface area (Å²) in [5.41, 5.74) is 2.94. The van der Waals surface area contributed by atoms with Gasteiger partial charge in [0, 0.05) is 45.5 Å². The number of rotatable bonds is 6. The van der Waals surface area contributed by atoms with Gasteiger partial charge in [-0.2, -0.15) is 0 Å². The minimum absolute atomic E-state index is 0.138. The highest BCUT2D eigenvalue weighted by atomic mass is 35.5. The topological polar surface area (TPSA) is 48.5 Å². The van der Waals surface area contributed by atoms with Gasteiger partial charge in [0.05, 0.1) is 5.56 Å². The molecule has 1 aromatic heterocycles. The Morgan fingerprint density at radius 3 is 2.42 bits per heavy atom. The number of aromatic nitrogens is 1. The molecule has 3 rings (SSSR count). The van der Waals surface area contributed by atoms with Crippen molar-refractivity contribution in [3.8, 4) is 0 Å². The molecule has 1 amide bonds. The Kier molecular flexibility index (Phi) is 6.61. The van der Waals surface area contributed by atoms with E-state index in [1.807, 2.05) is 6.07 Å². The van der Waals surface area contributed by atoms with Crippen LogP contribution in [0.2, 0.25) is 5.15 Å². The number of benzene rings is 1. The second-order valence-electron chi connectivity index (χ2n) is 6.53. The number of carbonyl (C=O) groups is 1. The molecule has 0 spiro atoms. The van der Waals surface area contributed by atoms with E-state index < -0.39 is 0 Å². The lowest BCUT2D eigenvalue weighted by Crippen LogP contribution is -2.45. The quantitative estimate of drug-likeness (QED) is 0.792. The highest BCUT2D eigenvalue weighted by molar-refractivity contribution is 6.29. The van der Waals surface area contributed by atoms with Gasteiger partial charge in [0.1, 0.15) is 5.15 Å². The number of amides is 1. The number of hydrogen-bond acceptors (Lipinski definition) is 4. The van der Waals surface area contributed by atoms with Crippen molar-refractivity contribution in [1.82, 2.24) is 20.1 Å². The van der Waals surface area contributed by atoms with E-state index in [-0.39, 0.29) is 5.91 Å². The zero-order chi connectivity index (χ0) is 18.4. The maximum atomic E-state index is 12.3. The Labute approximate surface area is 160 Å². The minimum Gasteiger partial charge on any atom is -0.348 e. The summed E-state index contributed by atoms with van der Waals surface area (Å²) in [4.78, 5) is 21.2. The van der Waals surface area contributed by atoms with E-state index >= 15 is 0 Å². The standard InChI is InChI=1S/C20H25ClN4O/c1-2-24-9-11-25(12-10-24)15-18-6-4-3-5-16(18)13-23-20(26)17-7-8-19(21)22-14-17/h3-8,14H,2,9-13,15H2,1H3,(H,23,26). The predicted molar refractivity (Wildman–Crippen MR) is 104 cm³/mol. The van der Waals surface area contributed by atoms with Crippen molar-refractivity contribution in [3.05, 3.63) is 64.4 Å². The third-order valence-electron chi connectivity index (χ3n) is 4.85. The molecule has 0 saturated carbocycles. The van der Waals surface area contributed by atoms with Crippen LogP contribution in [0.1, 0.15) is 28.4 Å². The molecule has 1 fully saturated rings. The van der Waals surface area contributed by atoms with Crippen molar-refractivity contribution in [2.45, 2.75) is 20.0 Å². The Morgan fingerprint density at radius 1 is 1.08 bits per heavy atom. The number of pyridine rings is 1. The van der Waals surface area contributed by atoms with Gasteiger partial charge in [-0.05, 0) is 29.8 Å². The number of likely N-dealkylation sites (N-methyl/N-ethyl adjacent to an activating group) is 1. The van der Waals surface area contributed by atoms with E-state index in [2.05, 4.69) is 45.2 Å². The summed E-state index contributed by atoms with van der Waals surface area (Å²) in [6.07, 6.45) is 1.50. The zero-order valence-corrected chi connectivity index (χ0v) is 15.9.